The first-order valence-electron chi connectivity index (χ1n) is 5.95. The van der Waals surface area contributed by atoms with E-state index >= 15 is 0 Å². The predicted octanol–water partition coefficient (Wildman–Crippen LogP) is 2.16. The van der Waals surface area contributed by atoms with Crippen molar-refractivity contribution in [1.29, 1.82) is 0 Å². The molecule has 0 bridgehead atoms. The van der Waals surface area contributed by atoms with Crippen LogP contribution in [0.2, 0.25) is 0 Å². The number of rotatable bonds is 3. The first-order valence-corrected chi connectivity index (χ1v) is 6.94. The molecule has 1 aromatic carbocycles. The molecule has 102 valence electrons. The van der Waals surface area contributed by atoms with Crippen molar-refractivity contribution in [3.05, 3.63) is 57.8 Å². The van der Waals surface area contributed by atoms with Gasteiger partial charge in [0.25, 0.3) is 11.3 Å². The number of nitrogens with one attached hydrogen (secondary N) is 1. The lowest BCUT2D eigenvalue weighted by molar-refractivity contribution is 0.627. The highest BCUT2D eigenvalue weighted by atomic mass is 32.2. The molecule has 0 amide bonds. The Labute approximate surface area is 117 Å². The SMILES string of the molecule is Cc1cc(=O)n2[nH]c(SCc3ccc(F)cc3)nc2n1. The first kappa shape index (κ1) is 12.9. The van der Waals surface area contributed by atoms with Crippen LogP contribution < -0.4 is 5.56 Å². The fraction of sp³-hybridized carbons (Fsp3) is 0.154. The molecule has 0 aliphatic carbocycles. The number of thioether (sulfide) groups is 1. The second kappa shape index (κ2) is 5.09. The predicted molar refractivity (Wildman–Crippen MR) is 74.3 cm³/mol. The van der Waals surface area contributed by atoms with E-state index in [4.69, 9.17) is 0 Å². The van der Waals surface area contributed by atoms with Crippen molar-refractivity contribution in [3.63, 3.8) is 0 Å². The number of aromatic amines is 1. The van der Waals surface area contributed by atoms with Gasteiger partial charge in [-0.2, -0.15) is 9.50 Å². The summed E-state index contributed by atoms with van der Waals surface area (Å²) in [6.07, 6.45) is 0. The molecule has 0 spiro atoms. The quantitative estimate of drug-likeness (QED) is 0.751. The van der Waals surface area contributed by atoms with E-state index in [1.165, 1.54) is 34.5 Å². The molecule has 5 nitrogen and oxygen atoms in total. The van der Waals surface area contributed by atoms with Crippen molar-refractivity contribution in [3.8, 4) is 0 Å². The lowest BCUT2D eigenvalue weighted by Gasteiger charge is -1.98. The average Bonchev–Trinajstić information content (AvgIpc) is 2.81. The number of nitrogens with zero attached hydrogens (tertiary/aromatic N) is 3. The van der Waals surface area contributed by atoms with Gasteiger partial charge in [0.2, 0.25) is 0 Å². The molecule has 2 aromatic heterocycles. The van der Waals surface area contributed by atoms with Gasteiger partial charge in [0, 0.05) is 17.5 Å². The van der Waals surface area contributed by atoms with Crippen molar-refractivity contribution in [2.45, 2.75) is 17.8 Å². The van der Waals surface area contributed by atoms with Crippen LogP contribution in [0.3, 0.4) is 0 Å². The van der Waals surface area contributed by atoms with E-state index < -0.39 is 0 Å². The fourth-order valence-corrected chi connectivity index (χ4v) is 2.57. The Morgan fingerprint density at radius 2 is 2.05 bits per heavy atom. The highest BCUT2D eigenvalue weighted by Crippen LogP contribution is 2.19. The van der Waals surface area contributed by atoms with Gasteiger partial charge >= 0.3 is 0 Å². The number of fused-ring (bicyclic) bond motifs is 1. The summed E-state index contributed by atoms with van der Waals surface area (Å²) in [6.45, 7) is 1.75. The summed E-state index contributed by atoms with van der Waals surface area (Å²) in [5.41, 5.74) is 1.43. The monoisotopic (exact) mass is 290 g/mol. The Balaban J connectivity index is 1.83. The van der Waals surface area contributed by atoms with E-state index in [0.717, 1.165) is 5.56 Å². The summed E-state index contributed by atoms with van der Waals surface area (Å²) in [5, 5.41) is 3.49. The van der Waals surface area contributed by atoms with Gasteiger partial charge in [-0.15, -0.1) is 0 Å². The Bertz CT molecular complexity index is 809. The lowest BCUT2D eigenvalue weighted by atomic mass is 10.2. The molecule has 0 aliphatic rings. The molecule has 20 heavy (non-hydrogen) atoms. The third-order valence-electron chi connectivity index (χ3n) is 2.73. The Kier molecular flexibility index (Phi) is 3.27. The van der Waals surface area contributed by atoms with Gasteiger partial charge in [0.1, 0.15) is 5.82 Å². The molecule has 3 rings (SSSR count). The topological polar surface area (TPSA) is 63.0 Å². The zero-order chi connectivity index (χ0) is 14.1. The minimum atomic E-state index is -0.256. The molecule has 7 heteroatoms. The molecular weight excluding hydrogens is 279 g/mol. The highest BCUT2D eigenvalue weighted by Gasteiger charge is 2.07. The summed E-state index contributed by atoms with van der Waals surface area (Å²) in [6, 6.07) is 7.73. The fourth-order valence-electron chi connectivity index (χ4n) is 1.77. The van der Waals surface area contributed by atoms with Crippen molar-refractivity contribution in [2.75, 3.05) is 0 Å². The molecule has 0 unspecified atom stereocenters. The maximum atomic E-state index is 12.8. The van der Waals surface area contributed by atoms with Crippen LogP contribution in [-0.4, -0.2) is 19.6 Å². The lowest BCUT2D eigenvalue weighted by Crippen LogP contribution is -2.14. The second-order valence-corrected chi connectivity index (χ2v) is 5.28. The number of hydrogen-bond acceptors (Lipinski definition) is 4. The molecular formula is C13H11FN4OS. The van der Waals surface area contributed by atoms with Crippen LogP contribution in [-0.2, 0) is 5.75 Å². The molecule has 0 radical (unpaired) electrons. The maximum absolute atomic E-state index is 12.8. The van der Waals surface area contributed by atoms with Crippen molar-refractivity contribution < 1.29 is 4.39 Å². The van der Waals surface area contributed by atoms with Crippen LogP contribution in [0.25, 0.3) is 5.78 Å². The highest BCUT2D eigenvalue weighted by molar-refractivity contribution is 7.98. The summed E-state index contributed by atoms with van der Waals surface area (Å²) in [5.74, 6) is 0.735. The van der Waals surface area contributed by atoms with Crippen LogP contribution in [0.5, 0.6) is 0 Å². The Morgan fingerprint density at radius 3 is 2.80 bits per heavy atom. The van der Waals surface area contributed by atoms with E-state index in [2.05, 4.69) is 15.1 Å². The number of halogens is 1. The van der Waals surface area contributed by atoms with Gasteiger partial charge in [-0.05, 0) is 24.6 Å². The molecule has 0 saturated carbocycles. The van der Waals surface area contributed by atoms with E-state index in [-0.39, 0.29) is 11.4 Å². The number of H-pyrrole nitrogens is 1. The summed E-state index contributed by atoms with van der Waals surface area (Å²) >= 11 is 1.43. The van der Waals surface area contributed by atoms with Crippen LogP contribution in [0.15, 0.2) is 40.3 Å². The minimum Gasteiger partial charge on any atom is -0.267 e. The smallest absolute Gasteiger partial charge is 0.267 e. The first-order chi connectivity index (χ1) is 9.61. The van der Waals surface area contributed by atoms with Gasteiger partial charge in [-0.25, -0.2) is 9.37 Å². The average molecular weight is 290 g/mol. The molecule has 2 heterocycles. The van der Waals surface area contributed by atoms with Gasteiger partial charge < -0.3 is 0 Å². The number of benzene rings is 1. The number of aryl methyl sites for hydroxylation is 1. The second-order valence-electron chi connectivity index (χ2n) is 4.32. The van der Waals surface area contributed by atoms with Crippen molar-refractivity contribution in [2.24, 2.45) is 0 Å². The van der Waals surface area contributed by atoms with Crippen LogP contribution >= 0.6 is 11.8 Å². The summed E-state index contributed by atoms with van der Waals surface area (Å²) < 4.78 is 14.1. The number of hydrogen-bond donors (Lipinski definition) is 1. The summed E-state index contributed by atoms with van der Waals surface area (Å²) in [7, 11) is 0. The molecule has 0 atom stereocenters. The zero-order valence-electron chi connectivity index (χ0n) is 10.6. The summed E-state index contributed by atoms with van der Waals surface area (Å²) in [4.78, 5) is 20.2. The van der Waals surface area contributed by atoms with Gasteiger partial charge in [0.15, 0.2) is 5.16 Å². The van der Waals surface area contributed by atoms with Crippen LogP contribution in [0, 0.1) is 12.7 Å². The van der Waals surface area contributed by atoms with E-state index in [1.807, 2.05) is 0 Å². The minimum absolute atomic E-state index is 0.186. The molecule has 0 fully saturated rings. The van der Waals surface area contributed by atoms with Crippen molar-refractivity contribution >= 4 is 17.5 Å². The standard InChI is InChI=1S/C13H11FN4OS/c1-8-6-11(19)18-12(15-8)16-13(17-18)20-7-9-2-4-10(14)5-3-9/h2-6H,7H2,1H3,(H,15,16,17). The van der Waals surface area contributed by atoms with E-state index in [9.17, 15) is 9.18 Å². The number of aromatic nitrogens is 4. The third-order valence-corrected chi connectivity index (χ3v) is 3.66. The van der Waals surface area contributed by atoms with Gasteiger partial charge in [0.05, 0.1) is 0 Å². The largest absolute Gasteiger partial charge is 0.274 e. The van der Waals surface area contributed by atoms with Crippen molar-refractivity contribution in [1.82, 2.24) is 19.6 Å². The molecule has 1 N–H and O–H groups in total. The molecule has 3 aromatic rings. The van der Waals surface area contributed by atoms with Gasteiger partial charge in [-0.1, -0.05) is 23.9 Å². The Morgan fingerprint density at radius 1 is 1.30 bits per heavy atom. The van der Waals surface area contributed by atoms with Gasteiger partial charge in [-0.3, -0.25) is 9.89 Å². The molecule has 0 saturated heterocycles. The van der Waals surface area contributed by atoms with E-state index in [1.54, 1.807) is 19.1 Å². The molecule has 0 aliphatic heterocycles. The maximum Gasteiger partial charge on any atom is 0.274 e. The zero-order valence-corrected chi connectivity index (χ0v) is 11.4. The van der Waals surface area contributed by atoms with Crippen LogP contribution in [0.4, 0.5) is 4.39 Å². The third kappa shape index (κ3) is 2.57. The Hall–Kier alpha value is -2.15. The normalized spacial score (nSPS) is 11.1. The van der Waals surface area contributed by atoms with Crippen LogP contribution in [0.1, 0.15) is 11.3 Å². The van der Waals surface area contributed by atoms with E-state index in [0.29, 0.717) is 22.4 Å².